The molecule has 0 heterocycles. The molecule has 0 aromatic heterocycles. The fraction of sp³-hybridized carbons (Fsp3) is 0.571. The third-order valence-corrected chi connectivity index (χ3v) is 3.50. The maximum atomic E-state index is 5.49. The van der Waals surface area contributed by atoms with Gasteiger partial charge >= 0.3 is 0 Å². The van der Waals surface area contributed by atoms with E-state index in [4.69, 9.17) is 9.57 Å². The number of ether oxygens (including phenoxy) is 1. The fourth-order valence-electron chi connectivity index (χ4n) is 2.27. The van der Waals surface area contributed by atoms with E-state index in [9.17, 15) is 0 Å². The number of hydroxylamine groups is 1. The summed E-state index contributed by atoms with van der Waals surface area (Å²) in [6.45, 7) is 2.33. The Hall–Kier alpha value is -0.900. The van der Waals surface area contributed by atoms with Crippen LogP contribution in [0.25, 0.3) is 0 Å². The summed E-state index contributed by atoms with van der Waals surface area (Å²) in [6, 6.07) is 10.2. The molecule has 0 atom stereocenters. The second kappa shape index (κ2) is 6.15. The highest BCUT2D eigenvalue weighted by Crippen LogP contribution is 2.40. The molecule has 0 amide bonds. The van der Waals surface area contributed by atoms with Crippen LogP contribution in [0.2, 0.25) is 0 Å². The van der Waals surface area contributed by atoms with Crippen LogP contribution >= 0.6 is 0 Å². The molecule has 1 aromatic carbocycles. The van der Waals surface area contributed by atoms with Crippen molar-refractivity contribution in [2.24, 2.45) is 5.41 Å². The van der Waals surface area contributed by atoms with Crippen molar-refractivity contribution in [2.45, 2.75) is 25.9 Å². The molecule has 3 heteroatoms. The lowest BCUT2D eigenvalue weighted by molar-refractivity contribution is -0.0454. The molecule has 1 fully saturated rings. The lowest BCUT2D eigenvalue weighted by Crippen LogP contribution is -2.43. The summed E-state index contributed by atoms with van der Waals surface area (Å²) in [4.78, 5) is 5.49. The zero-order valence-corrected chi connectivity index (χ0v) is 10.4. The van der Waals surface area contributed by atoms with Gasteiger partial charge < -0.3 is 4.74 Å². The lowest BCUT2D eigenvalue weighted by atomic mass is 9.69. The van der Waals surface area contributed by atoms with Crippen molar-refractivity contribution >= 4 is 0 Å². The van der Waals surface area contributed by atoms with Gasteiger partial charge in [0.2, 0.25) is 0 Å². The number of hydrogen-bond donors (Lipinski definition) is 1. The Morgan fingerprint density at radius 2 is 2.00 bits per heavy atom. The van der Waals surface area contributed by atoms with E-state index in [1.165, 1.54) is 24.8 Å². The average Bonchev–Trinajstić information content (AvgIpc) is 2.32. The molecule has 0 unspecified atom stereocenters. The predicted molar refractivity (Wildman–Crippen MR) is 67.4 cm³/mol. The van der Waals surface area contributed by atoms with E-state index in [2.05, 4.69) is 17.6 Å². The largest absolute Gasteiger partial charge is 0.384 e. The number of nitrogens with one attached hydrogen (secondary N) is 1. The van der Waals surface area contributed by atoms with Crippen LogP contribution < -0.4 is 5.48 Å². The molecule has 1 aromatic rings. The molecule has 0 saturated heterocycles. The van der Waals surface area contributed by atoms with Crippen molar-refractivity contribution in [3.63, 3.8) is 0 Å². The van der Waals surface area contributed by atoms with Gasteiger partial charge in [0.25, 0.3) is 0 Å². The summed E-state index contributed by atoms with van der Waals surface area (Å²) in [7, 11) is 1.77. The molecule has 17 heavy (non-hydrogen) atoms. The third-order valence-electron chi connectivity index (χ3n) is 3.50. The van der Waals surface area contributed by atoms with Crippen molar-refractivity contribution in [1.29, 1.82) is 0 Å². The summed E-state index contributed by atoms with van der Waals surface area (Å²) >= 11 is 0. The van der Waals surface area contributed by atoms with Crippen LogP contribution in [0.4, 0.5) is 0 Å². The van der Waals surface area contributed by atoms with E-state index in [1.54, 1.807) is 7.11 Å². The first-order chi connectivity index (χ1) is 8.35. The minimum absolute atomic E-state index is 0.311. The van der Waals surface area contributed by atoms with E-state index >= 15 is 0 Å². The van der Waals surface area contributed by atoms with Crippen molar-refractivity contribution in [1.82, 2.24) is 5.48 Å². The molecule has 3 nitrogen and oxygen atoms in total. The van der Waals surface area contributed by atoms with Gasteiger partial charge in [0, 0.05) is 19.1 Å². The maximum absolute atomic E-state index is 5.49. The summed E-state index contributed by atoms with van der Waals surface area (Å²) in [5, 5.41) is 0. The summed E-state index contributed by atoms with van der Waals surface area (Å²) in [5.41, 5.74) is 4.58. The van der Waals surface area contributed by atoms with E-state index in [-0.39, 0.29) is 0 Å². The number of methoxy groups -OCH3 is 1. The average molecular weight is 235 g/mol. The van der Waals surface area contributed by atoms with Crippen molar-refractivity contribution < 1.29 is 9.57 Å². The summed E-state index contributed by atoms with van der Waals surface area (Å²) in [5.74, 6) is 0. The SMILES string of the molecule is COCC1(CNOCc2ccccc2)CCC1. The Labute approximate surface area is 103 Å². The quantitative estimate of drug-likeness (QED) is 0.582. The highest BCUT2D eigenvalue weighted by molar-refractivity contribution is 5.13. The van der Waals surface area contributed by atoms with Gasteiger partial charge in [-0.2, -0.15) is 0 Å². The minimum atomic E-state index is 0.311. The molecule has 1 aliphatic rings. The lowest BCUT2D eigenvalue weighted by Gasteiger charge is -2.41. The summed E-state index contributed by atoms with van der Waals surface area (Å²) in [6.07, 6.45) is 3.79. The fourth-order valence-corrected chi connectivity index (χ4v) is 2.27. The van der Waals surface area contributed by atoms with E-state index in [0.717, 1.165) is 13.2 Å². The first-order valence-electron chi connectivity index (χ1n) is 6.22. The molecular weight excluding hydrogens is 214 g/mol. The Bertz CT molecular complexity index is 322. The molecule has 2 rings (SSSR count). The Kier molecular flexibility index (Phi) is 4.54. The molecule has 94 valence electrons. The second-order valence-corrected chi connectivity index (χ2v) is 4.88. The highest BCUT2D eigenvalue weighted by atomic mass is 16.6. The summed E-state index contributed by atoms with van der Waals surface area (Å²) < 4.78 is 5.27. The topological polar surface area (TPSA) is 30.5 Å². The van der Waals surface area contributed by atoms with Gasteiger partial charge in [-0.05, 0) is 18.4 Å². The molecular formula is C14H21NO2. The minimum Gasteiger partial charge on any atom is -0.384 e. The normalized spacial score (nSPS) is 17.7. The van der Waals surface area contributed by atoms with Crippen LogP contribution in [0.3, 0.4) is 0 Å². The molecule has 1 saturated carbocycles. The predicted octanol–water partition coefficient (Wildman–Crippen LogP) is 2.52. The van der Waals surface area contributed by atoms with Gasteiger partial charge in [-0.25, -0.2) is 5.48 Å². The van der Waals surface area contributed by atoms with Gasteiger partial charge in [0.1, 0.15) is 0 Å². The van der Waals surface area contributed by atoms with Crippen LogP contribution in [0.5, 0.6) is 0 Å². The molecule has 1 aliphatic carbocycles. The molecule has 1 N–H and O–H groups in total. The molecule has 0 radical (unpaired) electrons. The van der Waals surface area contributed by atoms with E-state index in [0.29, 0.717) is 12.0 Å². The van der Waals surface area contributed by atoms with Crippen LogP contribution in [-0.4, -0.2) is 20.3 Å². The van der Waals surface area contributed by atoms with Crippen molar-refractivity contribution in [2.75, 3.05) is 20.3 Å². The van der Waals surface area contributed by atoms with Crippen LogP contribution in [0.15, 0.2) is 30.3 Å². The van der Waals surface area contributed by atoms with Crippen molar-refractivity contribution in [3.05, 3.63) is 35.9 Å². The zero-order valence-electron chi connectivity index (χ0n) is 10.4. The standard InChI is InChI=1S/C14H21NO2/c1-16-12-14(8-5-9-14)11-15-17-10-13-6-3-2-4-7-13/h2-4,6-7,15H,5,8-12H2,1H3. The van der Waals surface area contributed by atoms with Gasteiger partial charge in [-0.1, -0.05) is 36.8 Å². The van der Waals surface area contributed by atoms with E-state index in [1.807, 2.05) is 18.2 Å². The maximum Gasteiger partial charge on any atom is 0.0933 e. The number of rotatable bonds is 7. The molecule has 0 aliphatic heterocycles. The number of benzene rings is 1. The Morgan fingerprint density at radius 1 is 1.24 bits per heavy atom. The Balaban J connectivity index is 1.66. The smallest absolute Gasteiger partial charge is 0.0933 e. The van der Waals surface area contributed by atoms with Gasteiger partial charge in [0.05, 0.1) is 13.2 Å². The van der Waals surface area contributed by atoms with Gasteiger partial charge in [0.15, 0.2) is 0 Å². The second-order valence-electron chi connectivity index (χ2n) is 4.88. The van der Waals surface area contributed by atoms with Crippen LogP contribution in [0, 0.1) is 5.41 Å². The highest BCUT2D eigenvalue weighted by Gasteiger charge is 2.36. The first-order valence-corrected chi connectivity index (χ1v) is 6.22. The third kappa shape index (κ3) is 3.53. The molecule has 0 spiro atoms. The molecule has 0 bridgehead atoms. The van der Waals surface area contributed by atoms with Gasteiger partial charge in [-0.3, -0.25) is 4.84 Å². The van der Waals surface area contributed by atoms with Gasteiger partial charge in [-0.15, -0.1) is 0 Å². The van der Waals surface area contributed by atoms with Crippen LogP contribution in [-0.2, 0) is 16.2 Å². The number of hydrogen-bond acceptors (Lipinski definition) is 3. The van der Waals surface area contributed by atoms with E-state index < -0.39 is 0 Å². The monoisotopic (exact) mass is 235 g/mol. The van der Waals surface area contributed by atoms with Crippen molar-refractivity contribution in [3.8, 4) is 0 Å². The van der Waals surface area contributed by atoms with Crippen LogP contribution in [0.1, 0.15) is 24.8 Å². The Morgan fingerprint density at radius 3 is 2.59 bits per heavy atom. The zero-order chi connectivity index (χ0) is 12.0. The first kappa shape index (κ1) is 12.6.